The van der Waals surface area contributed by atoms with Crippen molar-refractivity contribution in [1.82, 2.24) is 25.0 Å². The average Bonchev–Trinajstić information content (AvgIpc) is 3.54. The number of imide groups is 1. The van der Waals surface area contributed by atoms with Gasteiger partial charge in [-0.3, -0.25) is 43.7 Å². The SMILES string of the molecule is [C-]#[N+]c1ccc(OC2C(C)(C)C(NC(=O)c3ccc(N4CCN(CCN5CCN(c6ccc7c(c6)C(=O)N(C6CCC(=O)CC6=O)C7=O)CC5)CC4)c(F)c3)C2(C)C)c2cccnc12. The van der Waals surface area contributed by atoms with Gasteiger partial charge in [-0.25, -0.2) is 9.24 Å². The van der Waals surface area contributed by atoms with E-state index in [-0.39, 0.29) is 54.4 Å². The van der Waals surface area contributed by atoms with E-state index in [0.29, 0.717) is 46.9 Å². The molecule has 3 aromatic carbocycles. The first-order valence-corrected chi connectivity index (χ1v) is 22.2. The summed E-state index contributed by atoms with van der Waals surface area (Å²) < 4.78 is 22.4. The number of nitrogens with one attached hydrogen (secondary N) is 1. The molecular weight excluding hydrogens is 816 g/mol. The van der Waals surface area contributed by atoms with Crippen LogP contribution in [0.15, 0.2) is 66.9 Å². The van der Waals surface area contributed by atoms with Crippen LogP contribution in [0.2, 0.25) is 0 Å². The van der Waals surface area contributed by atoms with Gasteiger partial charge in [-0.15, -0.1) is 0 Å². The van der Waals surface area contributed by atoms with Crippen molar-refractivity contribution in [1.29, 1.82) is 0 Å². The average molecular weight is 869 g/mol. The molecular formula is C49H53FN8O6. The maximum Gasteiger partial charge on any atom is 0.262 e. The maximum atomic E-state index is 15.7. The van der Waals surface area contributed by atoms with E-state index in [1.165, 1.54) is 6.07 Å². The molecule has 1 unspecified atom stereocenters. The number of Topliss-reactive ketones (excluding diaryl/α,β-unsaturated/α-hetero) is 2. The highest BCUT2D eigenvalue weighted by atomic mass is 19.1. The zero-order valence-corrected chi connectivity index (χ0v) is 36.7. The molecule has 332 valence electrons. The molecule has 4 aromatic rings. The minimum atomic E-state index is -0.882. The summed E-state index contributed by atoms with van der Waals surface area (Å²) in [6.07, 6.45) is 1.54. The first kappa shape index (κ1) is 43.0. The Morgan fingerprint density at radius 3 is 2.17 bits per heavy atom. The molecule has 1 aromatic heterocycles. The lowest BCUT2D eigenvalue weighted by atomic mass is 9.49. The quantitative estimate of drug-likeness (QED) is 0.118. The summed E-state index contributed by atoms with van der Waals surface area (Å²) in [7, 11) is 0. The second-order valence-corrected chi connectivity index (χ2v) is 18.9. The molecule has 14 nitrogen and oxygen atoms in total. The minimum absolute atomic E-state index is 0.155. The number of ketones is 2. The lowest BCUT2D eigenvalue weighted by molar-refractivity contribution is -0.163. The number of carbonyl (C=O) groups is 5. The fourth-order valence-corrected chi connectivity index (χ4v) is 11.0. The number of amides is 3. The Morgan fingerprint density at radius 1 is 0.844 bits per heavy atom. The van der Waals surface area contributed by atoms with Crippen molar-refractivity contribution in [2.24, 2.45) is 10.8 Å². The number of nitrogens with zero attached hydrogens (tertiary/aromatic N) is 7. The van der Waals surface area contributed by atoms with E-state index in [4.69, 9.17) is 11.3 Å². The van der Waals surface area contributed by atoms with Gasteiger partial charge in [0.05, 0.1) is 41.4 Å². The van der Waals surface area contributed by atoms with Crippen LogP contribution >= 0.6 is 0 Å². The van der Waals surface area contributed by atoms with Gasteiger partial charge in [0.1, 0.15) is 23.5 Å². The number of hydrogen-bond acceptors (Lipinski definition) is 11. The maximum absolute atomic E-state index is 15.7. The number of piperazine rings is 2. The van der Waals surface area contributed by atoms with Gasteiger partial charge in [0.15, 0.2) is 5.78 Å². The van der Waals surface area contributed by atoms with Crippen molar-refractivity contribution in [3.05, 3.63) is 101 Å². The zero-order valence-electron chi connectivity index (χ0n) is 36.7. The third-order valence-corrected chi connectivity index (χ3v) is 14.2. The van der Waals surface area contributed by atoms with E-state index in [0.717, 1.165) is 68.3 Å². The summed E-state index contributed by atoms with van der Waals surface area (Å²) in [6, 6.07) is 16.2. The van der Waals surface area contributed by atoms with Gasteiger partial charge < -0.3 is 19.9 Å². The van der Waals surface area contributed by atoms with Gasteiger partial charge in [-0.05, 0) is 61.0 Å². The Morgan fingerprint density at radius 2 is 1.52 bits per heavy atom. The van der Waals surface area contributed by atoms with Gasteiger partial charge >= 0.3 is 0 Å². The first-order chi connectivity index (χ1) is 30.6. The molecule has 4 fully saturated rings. The number of carbonyl (C=O) groups excluding carboxylic acids is 5. The van der Waals surface area contributed by atoms with Crippen LogP contribution in [-0.2, 0) is 9.59 Å². The van der Waals surface area contributed by atoms with Crippen LogP contribution < -0.4 is 19.9 Å². The normalized spacial score (nSPS) is 23.5. The molecule has 2 saturated heterocycles. The lowest BCUT2D eigenvalue weighted by Gasteiger charge is -2.63. The third kappa shape index (κ3) is 7.66. The topological polar surface area (TPSA) is 140 Å². The van der Waals surface area contributed by atoms with Gasteiger partial charge in [-0.1, -0.05) is 33.8 Å². The third-order valence-electron chi connectivity index (χ3n) is 14.2. The number of ether oxygens (including phenoxy) is 1. The Balaban J connectivity index is 0.735. The van der Waals surface area contributed by atoms with E-state index in [1.807, 2.05) is 29.2 Å². The molecule has 5 aliphatic rings. The van der Waals surface area contributed by atoms with Crippen LogP contribution in [-0.4, -0.2) is 133 Å². The molecule has 9 rings (SSSR count). The van der Waals surface area contributed by atoms with E-state index >= 15 is 4.39 Å². The molecule has 4 heterocycles. The Labute approximate surface area is 372 Å². The highest BCUT2D eigenvalue weighted by Crippen LogP contribution is 2.56. The van der Waals surface area contributed by atoms with Crippen LogP contribution in [0, 0.1) is 23.2 Å². The number of hydrogen-bond donors (Lipinski definition) is 1. The van der Waals surface area contributed by atoms with E-state index in [9.17, 15) is 24.0 Å². The summed E-state index contributed by atoms with van der Waals surface area (Å²) in [5, 5.41) is 3.95. The van der Waals surface area contributed by atoms with Crippen LogP contribution in [0.3, 0.4) is 0 Å². The van der Waals surface area contributed by atoms with Crippen LogP contribution in [0.1, 0.15) is 78.0 Å². The van der Waals surface area contributed by atoms with Gasteiger partial charge in [0, 0.05) is 112 Å². The number of aromatic nitrogens is 1. The number of halogens is 1. The van der Waals surface area contributed by atoms with Crippen LogP contribution in [0.4, 0.5) is 21.5 Å². The lowest BCUT2D eigenvalue weighted by Crippen LogP contribution is -2.74. The van der Waals surface area contributed by atoms with E-state index < -0.39 is 34.5 Å². The predicted octanol–water partition coefficient (Wildman–Crippen LogP) is 5.77. The molecule has 3 aliphatic heterocycles. The summed E-state index contributed by atoms with van der Waals surface area (Å²) >= 11 is 0. The number of anilines is 2. The summed E-state index contributed by atoms with van der Waals surface area (Å²) in [6.45, 7) is 23.6. The largest absolute Gasteiger partial charge is 0.489 e. The Hall–Kier alpha value is -6.24. The van der Waals surface area contributed by atoms with Gasteiger partial charge in [-0.2, -0.15) is 0 Å². The Bertz CT molecular complexity index is 2590. The van der Waals surface area contributed by atoms with Crippen molar-refractivity contribution in [2.75, 3.05) is 75.2 Å². The number of pyridine rings is 1. The second kappa shape index (κ2) is 16.7. The second-order valence-electron chi connectivity index (χ2n) is 18.9. The fourth-order valence-electron chi connectivity index (χ4n) is 11.0. The monoisotopic (exact) mass is 868 g/mol. The van der Waals surface area contributed by atoms with Gasteiger partial charge in [0.2, 0.25) is 5.69 Å². The Kier molecular flexibility index (Phi) is 11.2. The number of benzene rings is 3. The zero-order chi connectivity index (χ0) is 45.1. The predicted molar refractivity (Wildman–Crippen MR) is 240 cm³/mol. The molecule has 0 spiro atoms. The van der Waals surface area contributed by atoms with E-state index in [2.05, 4.69) is 57.5 Å². The molecule has 1 atom stereocenters. The van der Waals surface area contributed by atoms with Crippen molar-refractivity contribution < 1.29 is 33.1 Å². The molecule has 2 aliphatic carbocycles. The highest BCUT2D eigenvalue weighted by molar-refractivity contribution is 6.24. The van der Waals surface area contributed by atoms with Crippen molar-refractivity contribution >= 4 is 57.3 Å². The molecule has 0 bridgehead atoms. The van der Waals surface area contributed by atoms with E-state index in [1.54, 1.807) is 36.5 Å². The van der Waals surface area contributed by atoms with Crippen molar-refractivity contribution in [3.63, 3.8) is 0 Å². The van der Waals surface area contributed by atoms with Crippen LogP contribution in [0.25, 0.3) is 15.7 Å². The summed E-state index contributed by atoms with van der Waals surface area (Å²) in [4.78, 5) is 82.6. The smallest absolute Gasteiger partial charge is 0.262 e. The molecule has 15 heteroatoms. The minimum Gasteiger partial charge on any atom is -0.489 e. The van der Waals surface area contributed by atoms with Crippen molar-refractivity contribution in [2.45, 2.75) is 65.1 Å². The fraction of sp³-hybridized carbons (Fsp3) is 0.449. The molecule has 0 radical (unpaired) electrons. The summed E-state index contributed by atoms with van der Waals surface area (Å²) in [5.41, 5.74) is 2.36. The first-order valence-electron chi connectivity index (χ1n) is 22.2. The van der Waals surface area contributed by atoms with Crippen LogP contribution in [0.5, 0.6) is 5.75 Å². The summed E-state index contributed by atoms with van der Waals surface area (Å²) in [5.74, 6) is -1.59. The molecule has 64 heavy (non-hydrogen) atoms. The number of rotatable bonds is 10. The van der Waals surface area contributed by atoms with Crippen molar-refractivity contribution in [3.8, 4) is 5.75 Å². The molecule has 3 amide bonds. The number of fused-ring (bicyclic) bond motifs is 2. The van der Waals surface area contributed by atoms with Gasteiger partial charge in [0.25, 0.3) is 17.7 Å². The standard InChI is InChI=1S/C49H53FN8O6/c1-48(2)46(49(3,4)47(48)64-41-15-12-37(51-5)42-34(41)7-6-16-52-42)53-43(61)30-8-13-38(36(50)27-30)57-25-21-55(22-26-57)18-17-54-19-23-56(24-20-54)31-9-11-33-35(28-31)45(63)58(44(33)62)39-14-10-32(59)29-40(39)60/h6-9,11-13,15-16,27-28,39,46-47H,10,14,17-26,29H2,1-4H3,(H,53,61). The highest BCUT2D eigenvalue weighted by Gasteiger charge is 2.64. The molecule has 2 saturated carbocycles. The molecule has 1 N–H and O–H groups in total.